The summed E-state index contributed by atoms with van der Waals surface area (Å²) in [6, 6.07) is 1.58. The lowest BCUT2D eigenvalue weighted by molar-refractivity contribution is 0.0926. The molecule has 0 atom stereocenters. The van der Waals surface area contributed by atoms with Crippen LogP contribution >= 0.6 is 0 Å². The molecule has 0 saturated carbocycles. The molecule has 0 radical (unpaired) electrons. The fourth-order valence-electron chi connectivity index (χ4n) is 1.12. The molecule has 0 unspecified atom stereocenters. The van der Waals surface area contributed by atoms with Crippen molar-refractivity contribution in [3.8, 4) is 18.1 Å². The Bertz CT molecular complexity index is 433. The molecular formula is C12H14N2O2. The van der Waals surface area contributed by atoms with Crippen LogP contribution in [-0.4, -0.2) is 23.5 Å². The number of amides is 1. The summed E-state index contributed by atoms with van der Waals surface area (Å²) in [6.07, 6.45) is 8.31. The SMILES string of the molecule is C#CC(C)(C)NC(=O)c1ccncc1OC. The third-order valence-electron chi connectivity index (χ3n) is 2.04. The third-order valence-corrected chi connectivity index (χ3v) is 2.04. The van der Waals surface area contributed by atoms with E-state index in [1.165, 1.54) is 19.5 Å². The Kier molecular flexibility index (Phi) is 3.51. The molecule has 4 heteroatoms. The number of hydrogen-bond acceptors (Lipinski definition) is 3. The van der Waals surface area contributed by atoms with E-state index in [1.54, 1.807) is 19.9 Å². The predicted octanol–water partition coefficient (Wildman–Crippen LogP) is 1.23. The van der Waals surface area contributed by atoms with Crippen LogP contribution in [0, 0.1) is 12.3 Å². The van der Waals surface area contributed by atoms with Crippen LogP contribution in [0.25, 0.3) is 0 Å². The molecule has 0 aliphatic rings. The van der Waals surface area contributed by atoms with Crippen molar-refractivity contribution in [2.24, 2.45) is 0 Å². The zero-order valence-corrected chi connectivity index (χ0v) is 9.57. The summed E-state index contributed by atoms with van der Waals surface area (Å²) in [4.78, 5) is 15.8. The van der Waals surface area contributed by atoms with Crippen molar-refractivity contribution in [3.05, 3.63) is 24.0 Å². The predicted molar refractivity (Wildman–Crippen MR) is 61.2 cm³/mol. The summed E-state index contributed by atoms with van der Waals surface area (Å²) in [5.41, 5.74) is -0.272. The molecule has 1 heterocycles. The molecule has 84 valence electrons. The largest absolute Gasteiger partial charge is 0.494 e. The molecule has 1 amide bonds. The molecule has 0 fully saturated rings. The number of nitrogens with zero attached hydrogens (tertiary/aromatic N) is 1. The van der Waals surface area contributed by atoms with Crippen molar-refractivity contribution >= 4 is 5.91 Å². The third kappa shape index (κ3) is 2.74. The Morgan fingerprint density at radius 3 is 2.88 bits per heavy atom. The fourth-order valence-corrected chi connectivity index (χ4v) is 1.12. The molecule has 0 bridgehead atoms. The van der Waals surface area contributed by atoms with Crippen molar-refractivity contribution < 1.29 is 9.53 Å². The second kappa shape index (κ2) is 4.67. The van der Waals surface area contributed by atoms with E-state index < -0.39 is 5.54 Å². The van der Waals surface area contributed by atoms with Gasteiger partial charge in [0.05, 0.1) is 24.4 Å². The van der Waals surface area contributed by atoms with Gasteiger partial charge in [0.2, 0.25) is 0 Å². The Morgan fingerprint density at radius 1 is 1.62 bits per heavy atom. The topological polar surface area (TPSA) is 51.2 Å². The maximum Gasteiger partial charge on any atom is 0.256 e. The van der Waals surface area contributed by atoms with Gasteiger partial charge < -0.3 is 10.1 Å². The highest BCUT2D eigenvalue weighted by Crippen LogP contribution is 2.16. The lowest BCUT2D eigenvalue weighted by Crippen LogP contribution is -2.42. The normalized spacial score (nSPS) is 10.4. The summed E-state index contributed by atoms with van der Waals surface area (Å²) in [6.45, 7) is 3.50. The molecule has 0 aliphatic heterocycles. The standard InChI is InChI=1S/C12H14N2O2/c1-5-12(2,3)14-11(15)9-6-7-13-8-10(9)16-4/h1,6-8H,2-4H3,(H,14,15). The van der Waals surface area contributed by atoms with Crippen molar-refractivity contribution in [2.45, 2.75) is 19.4 Å². The van der Waals surface area contributed by atoms with Gasteiger partial charge in [-0.1, -0.05) is 5.92 Å². The summed E-state index contributed by atoms with van der Waals surface area (Å²) < 4.78 is 5.04. The van der Waals surface area contributed by atoms with Crippen LogP contribution in [-0.2, 0) is 0 Å². The van der Waals surface area contributed by atoms with Gasteiger partial charge in [-0.05, 0) is 19.9 Å². The average Bonchev–Trinajstić information content (AvgIpc) is 2.28. The minimum absolute atomic E-state index is 0.276. The first kappa shape index (κ1) is 12.1. The van der Waals surface area contributed by atoms with Crippen LogP contribution in [0.1, 0.15) is 24.2 Å². The van der Waals surface area contributed by atoms with Gasteiger partial charge in [0.25, 0.3) is 5.91 Å². The summed E-state index contributed by atoms with van der Waals surface area (Å²) in [5.74, 6) is 2.64. The average molecular weight is 218 g/mol. The number of aromatic nitrogens is 1. The lowest BCUT2D eigenvalue weighted by Gasteiger charge is -2.20. The molecule has 4 nitrogen and oxygen atoms in total. The lowest BCUT2D eigenvalue weighted by atomic mass is 10.1. The van der Waals surface area contributed by atoms with E-state index in [0.717, 1.165) is 0 Å². The Labute approximate surface area is 95.0 Å². The summed E-state index contributed by atoms with van der Waals surface area (Å²) in [7, 11) is 1.49. The number of nitrogens with one attached hydrogen (secondary N) is 1. The maximum atomic E-state index is 11.9. The Hall–Kier alpha value is -2.02. The van der Waals surface area contributed by atoms with Crippen LogP contribution in [0.15, 0.2) is 18.5 Å². The number of ether oxygens (including phenoxy) is 1. The van der Waals surface area contributed by atoms with Gasteiger partial charge in [-0.25, -0.2) is 0 Å². The van der Waals surface area contributed by atoms with Crippen molar-refractivity contribution in [1.29, 1.82) is 0 Å². The van der Waals surface area contributed by atoms with Crippen LogP contribution in [0.2, 0.25) is 0 Å². The molecule has 1 N–H and O–H groups in total. The smallest absolute Gasteiger partial charge is 0.256 e. The van der Waals surface area contributed by atoms with E-state index in [0.29, 0.717) is 11.3 Å². The van der Waals surface area contributed by atoms with Crippen LogP contribution in [0.4, 0.5) is 0 Å². The summed E-state index contributed by atoms with van der Waals surface area (Å²) in [5, 5.41) is 2.71. The number of carbonyl (C=O) groups is 1. The maximum absolute atomic E-state index is 11.9. The number of carbonyl (C=O) groups excluding carboxylic acids is 1. The zero-order valence-electron chi connectivity index (χ0n) is 9.57. The van der Waals surface area contributed by atoms with E-state index in [2.05, 4.69) is 16.2 Å². The minimum Gasteiger partial charge on any atom is -0.494 e. The Balaban J connectivity index is 2.94. The number of rotatable bonds is 3. The molecule has 0 spiro atoms. The van der Waals surface area contributed by atoms with E-state index in [1.807, 2.05) is 0 Å². The molecule has 0 saturated heterocycles. The molecule has 16 heavy (non-hydrogen) atoms. The zero-order chi connectivity index (χ0) is 12.2. The van der Waals surface area contributed by atoms with Crippen LogP contribution < -0.4 is 10.1 Å². The van der Waals surface area contributed by atoms with Crippen molar-refractivity contribution in [3.63, 3.8) is 0 Å². The molecular weight excluding hydrogens is 204 g/mol. The van der Waals surface area contributed by atoms with Gasteiger partial charge in [0.15, 0.2) is 0 Å². The fraction of sp³-hybridized carbons (Fsp3) is 0.333. The van der Waals surface area contributed by atoms with Gasteiger partial charge in [-0.2, -0.15) is 0 Å². The van der Waals surface area contributed by atoms with E-state index in [9.17, 15) is 4.79 Å². The monoisotopic (exact) mass is 218 g/mol. The van der Waals surface area contributed by atoms with Crippen LogP contribution in [0.3, 0.4) is 0 Å². The van der Waals surface area contributed by atoms with Gasteiger partial charge in [-0.15, -0.1) is 6.42 Å². The molecule has 1 rings (SSSR count). The van der Waals surface area contributed by atoms with Crippen LogP contribution in [0.5, 0.6) is 5.75 Å². The van der Waals surface area contributed by atoms with E-state index in [-0.39, 0.29) is 5.91 Å². The molecule has 1 aromatic heterocycles. The minimum atomic E-state index is -0.689. The van der Waals surface area contributed by atoms with Gasteiger partial charge in [0.1, 0.15) is 5.75 Å². The Morgan fingerprint density at radius 2 is 2.31 bits per heavy atom. The summed E-state index contributed by atoms with van der Waals surface area (Å²) >= 11 is 0. The van der Waals surface area contributed by atoms with E-state index >= 15 is 0 Å². The second-order valence-corrected chi connectivity index (χ2v) is 3.80. The first-order valence-electron chi connectivity index (χ1n) is 4.78. The van der Waals surface area contributed by atoms with Gasteiger partial charge >= 0.3 is 0 Å². The van der Waals surface area contributed by atoms with Crippen molar-refractivity contribution in [1.82, 2.24) is 10.3 Å². The quantitative estimate of drug-likeness (QED) is 0.776. The van der Waals surface area contributed by atoms with Gasteiger partial charge in [0, 0.05) is 6.20 Å². The highest BCUT2D eigenvalue weighted by molar-refractivity contribution is 5.97. The second-order valence-electron chi connectivity index (χ2n) is 3.80. The number of terminal acetylenes is 1. The van der Waals surface area contributed by atoms with Crippen molar-refractivity contribution in [2.75, 3.05) is 7.11 Å². The highest BCUT2D eigenvalue weighted by Gasteiger charge is 2.20. The number of hydrogen-bond donors (Lipinski definition) is 1. The number of pyridine rings is 1. The molecule has 1 aromatic rings. The first-order chi connectivity index (χ1) is 7.50. The first-order valence-corrected chi connectivity index (χ1v) is 4.78. The molecule has 0 aromatic carbocycles. The van der Waals surface area contributed by atoms with Gasteiger partial charge in [-0.3, -0.25) is 9.78 Å². The molecule has 0 aliphatic carbocycles. The van der Waals surface area contributed by atoms with E-state index in [4.69, 9.17) is 11.2 Å². The highest BCUT2D eigenvalue weighted by atomic mass is 16.5. The number of methoxy groups -OCH3 is 1.